The first-order valence-corrected chi connectivity index (χ1v) is 8.30. The van der Waals surface area contributed by atoms with Gasteiger partial charge in [-0.15, -0.1) is 0 Å². The van der Waals surface area contributed by atoms with Crippen LogP contribution in [0.1, 0.15) is 15.9 Å². The average Bonchev–Trinajstić information content (AvgIpc) is 2.64. The summed E-state index contributed by atoms with van der Waals surface area (Å²) < 4.78 is 51.9. The smallest absolute Gasteiger partial charge is 0.422 e. The standard InChI is InChI=1S/C19H19F3N2O5/c1-11-7-13(4-6-14(11)29-10-19(20,21)22)24-18(26)12-3-5-15(16(8-12)27-2)28-9-17(23)25/h3-8H,9-10H2,1-2H3,(H2,23,25)(H,24,26). The lowest BCUT2D eigenvalue weighted by molar-refractivity contribution is -0.153. The lowest BCUT2D eigenvalue weighted by Gasteiger charge is -2.14. The van der Waals surface area contributed by atoms with Gasteiger partial charge in [-0.3, -0.25) is 9.59 Å². The predicted molar refractivity (Wildman–Crippen MR) is 98.4 cm³/mol. The number of rotatable bonds is 8. The van der Waals surface area contributed by atoms with Gasteiger partial charge in [-0.2, -0.15) is 13.2 Å². The van der Waals surface area contributed by atoms with Gasteiger partial charge < -0.3 is 25.3 Å². The molecule has 0 aliphatic heterocycles. The molecule has 156 valence electrons. The molecule has 10 heteroatoms. The third kappa shape index (κ3) is 6.59. The third-order valence-corrected chi connectivity index (χ3v) is 3.62. The fraction of sp³-hybridized carbons (Fsp3) is 0.263. The molecule has 0 aromatic heterocycles. The second kappa shape index (κ2) is 9.18. The predicted octanol–water partition coefficient (Wildman–Crippen LogP) is 3.06. The molecule has 0 aliphatic rings. The lowest BCUT2D eigenvalue weighted by Crippen LogP contribution is -2.20. The van der Waals surface area contributed by atoms with E-state index in [0.29, 0.717) is 11.3 Å². The number of methoxy groups -OCH3 is 1. The van der Waals surface area contributed by atoms with Crippen LogP contribution in [0.4, 0.5) is 18.9 Å². The van der Waals surface area contributed by atoms with Crippen molar-refractivity contribution >= 4 is 17.5 Å². The molecule has 0 atom stereocenters. The van der Waals surface area contributed by atoms with Crippen LogP contribution >= 0.6 is 0 Å². The first-order chi connectivity index (χ1) is 13.6. The summed E-state index contributed by atoms with van der Waals surface area (Å²) in [7, 11) is 1.37. The van der Waals surface area contributed by atoms with Crippen molar-refractivity contribution in [1.82, 2.24) is 0 Å². The van der Waals surface area contributed by atoms with Crippen molar-refractivity contribution in [3.8, 4) is 17.2 Å². The molecule has 7 nitrogen and oxygen atoms in total. The van der Waals surface area contributed by atoms with Crippen LogP contribution in [0.5, 0.6) is 17.2 Å². The minimum Gasteiger partial charge on any atom is -0.493 e. The van der Waals surface area contributed by atoms with Crippen LogP contribution in [0.15, 0.2) is 36.4 Å². The molecule has 2 amide bonds. The number of carbonyl (C=O) groups is 2. The molecule has 0 heterocycles. The van der Waals surface area contributed by atoms with E-state index in [1.807, 2.05) is 0 Å². The molecule has 0 spiro atoms. The Morgan fingerprint density at radius 2 is 1.72 bits per heavy atom. The maximum atomic E-state index is 12.5. The second-order valence-electron chi connectivity index (χ2n) is 5.96. The Labute approximate surface area is 164 Å². The van der Waals surface area contributed by atoms with E-state index in [-0.39, 0.29) is 29.4 Å². The molecule has 29 heavy (non-hydrogen) atoms. The number of carbonyl (C=O) groups excluding carboxylic acids is 2. The zero-order valence-corrected chi connectivity index (χ0v) is 15.6. The van der Waals surface area contributed by atoms with Crippen LogP contribution in [0.25, 0.3) is 0 Å². The minimum absolute atomic E-state index is 0.0675. The first-order valence-electron chi connectivity index (χ1n) is 8.30. The number of hydrogen-bond donors (Lipinski definition) is 2. The molecule has 3 N–H and O–H groups in total. The van der Waals surface area contributed by atoms with Gasteiger partial charge in [0.05, 0.1) is 7.11 Å². The second-order valence-corrected chi connectivity index (χ2v) is 5.96. The summed E-state index contributed by atoms with van der Waals surface area (Å²) >= 11 is 0. The summed E-state index contributed by atoms with van der Waals surface area (Å²) in [6, 6.07) is 8.60. The highest BCUT2D eigenvalue weighted by atomic mass is 19.4. The summed E-state index contributed by atoms with van der Waals surface area (Å²) in [4.78, 5) is 23.3. The van der Waals surface area contributed by atoms with E-state index in [4.69, 9.17) is 19.9 Å². The fourth-order valence-electron chi connectivity index (χ4n) is 2.33. The molecule has 0 radical (unpaired) electrons. The largest absolute Gasteiger partial charge is 0.493 e. The molecule has 2 aromatic carbocycles. The van der Waals surface area contributed by atoms with Crippen molar-refractivity contribution in [2.75, 3.05) is 25.6 Å². The lowest BCUT2D eigenvalue weighted by atomic mass is 10.1. The highest BCUT2D eigenvalue weighted by molar-refractivity contribution is 6.04. The van der Waals surface area contributed by atoms with Crippen LogP contribution in [-0.2, 0) is 4.79 Å². The zero-order chi connectivity index (χ0) is 21.6. The van der Waals surface area contributed by atoms with Gasteiger partial charge in [-0.25, -0.2) is 0 Å². The quantitative estimate of drug-likeness (QED) is 0.694. The number of ether oxygens (including phenoxy) is 3. The zero-order valence-electron chi connectivity index (χ0n) is 15.6. The molecular formula is C19H19F3N2O5. The van der Waals surface area contributed by atoms with Crippen molar-refractivity contribution in [2.24, 2.45) is 5.73 Å². The van der Waals surface area contributed by atoms with Gasteiger partial charge in [0, 0.05) is 11.3 Å². The topological polar surface area (TPSA) is 99.9 Å². The molecule has 0 fully saturated rings. The number of primary amides is 1. The molecule has 2 rings (SSSR count). The van der Waals surface area contributed by atoms with Crippen molar-refractivity contribution in [3.05, 3.63) is 47.5 Å². The van der Waals surface area contributed by atoms with Crippen LogP contribution in [0.3, 0.4) is 0 Å². The number of alkyl halides is 3. The highest BCUT2D eigenvalue weighted by Crippen LogP contribution is 2.29. The maximum absolute atomic E-state index is 12.5. The molecule has 0 saturated heterocycles. The summed E-state index contributed by atoms with van der Waals surface area (Å²) in [5, 5.41) is 2.63. The van der Waals surface area contributed by atoms with Crippen LogP contribution in [0.2, 0.25) is 0 Å². The van der Waals surface area contributed by atoms with Gasteiger partial charge in [0.25, 0.3) is 11.8 Å². The Balaban J connectivity index is 2.09. The number of aryl methyl sites for hydroxylation is 1. The van der Waals surface area contributed by atoms with E-state index >= 15 is 0 Å². The highest BCUT2D eigenvalue weighted by Gasteiger charge is 2.28. The van der Waals surface area contributed by atoms with Gasteiger partial charge in [-0.05, 0) is 48.9 Å². The third-order valence-electron chi connectivity index (χ3n) is 3.62. The fourth-order valence-corrected chi connectivity index (χ4v) is 2.33. The first kappa shape index (κ1) is 21.9. The summed E-state index contributed by atoms with van der Waals surface area (Å²) in [5.74, 6) is -0.603. The van der Waals surface area contributed by atoms with E-state index in [1.54, 1.807) is 6.92 Å². The van der Waals surface area contributed by atoms with E-state index in [9.17, 15) is 22.8 Å². The number of nitrogens with two attached hydrogens (primary N) is 1. The Morgan fingerprint density at radius 3 is 2.31 bits per heavy atom. The van der Waals surface area contributed by atoms with Crippen LogP contribution < -0.4 is 25.3 Å². The van der Waals surface area contributed by atoms with Crippen molar-refractivity contribution in [3.63, 3.8) is 0 Å². The summed E-state index contributed by atoms with van der Waals surface area (Å²) in [6.45, 7) is -0.178. The normalized spacial score (nSPS) is 10.9. The summed E-state index contributed by atoms with van der Waals surface area (Å²) in [6.07, 6.45) is -4.44. The molecular weight excluding hydrogens is 393 g/mol. The van der Waals surface area contributed by atoms with Crippen LogP contribution in [-0.4, -0.2) is 38.3 Å². The Kier molecular flexibility index (Phi) is 6.92. The monoisotopic (exact) mass is 412 g/mol. The number of hydrogen-bond acceptors (Lipinski definition) is 5. The van der Waals surface area contributed by atoms with E-state index < -0.39 is 24.6 Å². The average molecular weight is 412 g/mol. The molecule has 0 unspecified atom stereocenters. The van der Waals surface area contributed by atoms with Gasteiger partial charge in [0.15, 0.2) is 24.7 Å². The Bertz CT molecular complexity index is 900. The van der Waals surface area contributed by atoms with Crippen LogP contribution in [0, 0.1) is 6.92 Å². The maximum Gasteiger partial charge on any atom is 0.422 e. The van der Waals surface area contributed by atoms with E-state index in [1.165, 1.54) is 43.5 Å². The molecule has 2 aromatic rings. The van der Waals surface area contributed by atoms with Gasteiger partial charge in [0.1, 0.15) is 5.75 Å². The Hall–Kier alpha value is -3.43. The summed E-state index contributed by atoms with van der Waals surface area (Å²) in [5.41, 5.74) is 6.07. The number of halogens is 3. The number of amides is 2. The Morgan fingerprint density at radius 1 is 1.03 bits per heavy atom. The van der Waals surface area contributed by atoms with E-state index in [0.717, 1.165) is 0 Å². The molecule has 0 saturated carbocycles. The van der Waals surface area contributed by atoms with E-state index in [2.05, 4.69) is 5.32 Å². The number of nitrogens with one attached hydrogen (secondary N) is 1. The van der Waals surface area contributed by atoms with Gasteiger partial charge >= 0.3 is 6.18 Å². The number of anilines is 1. The van der Waals surface area contributed by atoms with Crippen molar-refractivity contribution in [2.45, 2.75) is 13.1 Å². The SMILES string of the molecule is COc1cc(C(=O)Nc2ccc(OCC(F)(F)F)c(C)c2)ccc1OCC(N)=O. The number of benzene rings is 2. The van der Waals surface area contributed by atoms with Crippen molar-refractivity contribution in [1.29, 1.82) is 0 Å². The molecule has 0 bridgehead atoms. The minimum atomic E-state index is -4.44. The van der Waals surface area contributed by atoms with Gasteiger partial charge in [-0.1, -0.05) is 0 Å². The van der Waals surface area contributed by atoms with Gasteiger partial charge in [0.2, 0.25) is 0 Å². The van der Waals surface area contributed by atoms with Crippen molar-refractivity contribution < 1.29 is 37.0 Å². The molecule has 0 aliphatic carbocycles.